The summed E-state index contributed by atoms with van der Waals surface area (Å²) >= 11 is 0. The van der Waals surface area contributed by atoms with Gasteiger partial charge in [0.25, 0.3) is 5.91 Å². The fourth-order valence-electron chi connectivity index (χ4n) is 2.59. The highest BCUT2D eigenvalue weighted by atomic mass is 19.4. The number of ether oxygens (including phenoxy) is 3. The molecule has 0 aromatic heterocycles. The number of rotatable bonds is 6. The van der Waals surface area contributed by atoms with Crippen LogP contribution in [0.4, 0.5) is 23.2 Å². The first-order chi connectivity index (χ1) is 13.7. The van der Waals surface area contributed by atoms with Gasteiger partial charge in [0.2, 0.25) is 5.60 Å². The van der Waals surface area contributed by atoms with E-state index in [-0.39, 0.29) is 20.1 Å². The molecule has 1 aliphatic rings. The van der Waals surface area contributed by atoms with Gasteiger partial charge in [0, 0.05) is 11.3 Å². The van der Waals surface area contributed by atoms with Crippen molar-refractivity contribution in [3.05, 3.63) is 41.7 Å². The highest BCUT2D eigenvalue weighted by Crippen LogP contribution is 2.39. The second-order valence-corrected chi connectivity index (χ2v) is 7.12. The average Bonchev–Trinajstić information content (AvgIpc) is 2.98. The summed E-state index contributed by atoms with van der Waals surface area (Å²) in [5.74, 6) is -5.20. The first-order valence-corrected chi connectivity index (χ1v) is 8.74. The zero-order valence-corrected chi connectivity index (χ0v) is 16.4. The summed E-state index contributed by atoms with van der Waals surface area (Å²) in [4.78, 5) is 24.2. The quantitative estimate of drug-likeness (QED) is 0.405. The van der Waals surface area contributed by atoms with Gasteiger partial charge in [-0.2, -0.15) is 13.2 Å². The predicted molar refractivity (Wildman–Crippen MR) is 96.0 cm³/mol. The fraction of sp³-hybridized carbons (Fsp3) is 0.474. The molecule has 0 saturated carbocycles. The van der Waals surface area contributed by atoms with Crippen LogP contribution in [0.1, 0.15) is 42.8 Å². The van der Waals surface area contributed by atoms with Crippen molar-refractivity contribution >= 4 is 17.6 Å². The largest absolute Gasteiger partial charge is 0.458 e. The van der Waals surface area contributed by atoms with E-state index < -0.39 is 58.2 Å². The maximum absolute atomic E-state index is 15.2. The standard InChI is InChI=1S/C19H21F4NO6/c1-5-8-28-15(25)10-6-7-11(24-16(26)18(4,27)19(21,22)23)13(14(10)20)12-9-29-17(2,3)30-12/h5-7,12,27H,1,8-9H2,2-4H3,(H,24,26). The molecule has 1 heterocycles. The number of amides is 1. The zero-order valence-electron chi connectivity index (χ0n) is 16.4. The number of aliphatic hydroxyl groups is 1. The summed E-state index contributed by atoms with van der Waals surface area (Å²) in [6, 6.07) is 1.95. The lowest BCUT2D eigenvalue weighted by molar-refractivity contribution is -0.242. The maximum atomic E-state index is 15.2. The molecule has 1 aromatic carbocycles. The van der Waals surface area contributed by atoms with Gasteiger partial charge in [-0.3, -0.25) is 4.79 Å². The van der Waals surface area contributed by atoms with Gasteiger partial charge in [-0.1, -0.05) is 12.7 Å². The van der Waals surface area contributed by atoms with Crippen molar-refractivity contribution in [1.29, 1.82) is 0 Å². The van der Waals surface area contributed by atoms with Crippen molar-refractivity contribution in [2.75, 3.05) is 18.5 Å². The third-order valence-corrected chi connectivity index (χ3v) is 4.30. The molecule has 1 saturated heterocycles. The smallest absolute Gasteiger partial charge is 0.426 e. The molecular weight excluding hydrogens is 414 g/mol. The summed E-state index contributed by atoms with van der Waals surface area (Å²) in [5.41, 5.74) is -5.11. The van der Waals surface area contributed by atoms with Gasteiger partial charge in [0.05, 0.1) is 12.2 Å². The molecule has 1 aromatic rings. The summed E-state index contributed by atoms with van der Waals surface area (Å²) in [5, 5.41) is 11.4. The Kier molecular flexibility index (Phi) is 6.60. The molecular formula is C19H21F4NO6. The van der Waals surface area contributed by atoms with Crippen LogP contribution in [0.2, 0.25) is 0 Å². The molecule has 2 unspecified atom stereocenters. The van der Waals surface area contributed by atoms with Gasteiger partial charge >= 0.3 is 12.1 Å². The van der Waals surface area contributed by atoms with Crippen LogP contribution in [0.25, 0.3) is 0 Å². The van der Waals surface area contributed by atoms with Crippen LogP contribution in [0.15, 0.2) is 24.8 Å². The molecule has 2 atom stereocenters. The topological polar surface area (TPSA) is 94.1 Å². The first-order valence-electron chi connectivity index (χ1n) is 8.74. The van der Waals surface area contributed by atoms with Gasteiger partial charge in [-0.05, 0) is 32.9 Å². The van der Waals surface area contributed by atoms with Gasteiger partial charge in [0.1, 0.15) is 18.5 Å². The first kappa shape index (κ1) is 23.8. The van der Waals surface area contributed by atoms with Crippen molar-refractivity contribution in [3.8, 4) is 0 Å². The van der Waals surface area contributed by atoms with E-state index >= 15 is 4.39 Å². The molecule has 1 amide bonds. The molecule has 0 bridgehead atoms. The molecule has 30 heavy (non-hydrogen) atoms. The fourth-order valence-corrected chi connectivity index (χ4v) is 2.59. The maximum Gasteiger partial charge on any atom is 0.426 e. The number of esters is 1. The Balaban J connectivity index is 2.49. The number of nitrogens with one attached hydrogen (secondary N) is 1. The lowest BCUT2D eigenvalue weighted by atomic mass is 10.0. The van der Waals surface area contributed by atoms with E-state index in [0.29, 0.717) is 0 Å². The minimum Gasteiger partial charge on any atom is -0.458 e. The van der Waals surface area contributed by atoms with Crippen LogP contribution in [0.5, 0.6) is 0 Å². The second-order valence-electron chi connectivity index (χ2n) is 7.12. The summed E-state index contributed by atoms with van der Waals surface area (Å²) < 4.78 is 69.8. The van der Waals surface area contributed by atoms with Gasteiger partial charge in [-0.15, -0.1) is 0 Å². The number of anilines is 1. The van der Waals surface area contributed by atoms with E-state index in [0.717, 1.165) is 12.1 Å². The number of benzene rings is 1. The normalized spacial score (nSPS) is 20.3. The molecule has 2 rings (SSSR count). The lowest BCUT2D eigenvalue weighted by Crippen LogP contribution is -2.52. The Morgan fingerprint density at radius 1 is 1.40 bits per heavy atom. The number of carbonyl (C=O) groups is 2. The number of alkyl halides is 3. The van der Waals surface area contributed by atoms with Crippen molar-refractivity contribution in [2.24, 2.45) is 0 Å². The summed E-state index contributed by atoms with van der Waals surface area (Å²) in [6.07, 6.45) is -5.17. The Labute approximate surface area is 169 Å². The van der Waals surface area contributed by atoms with E-state index in [1.54, 1.807) is 0 Å². The van der Waals surface area contributed by atoms with Crippen molar-refractivity contribution in [3.63, 3.8) is 0 Å². The highest BCUT2D eigenvalue weighted by molar-refractivity contribution is 5.99. The Hall–Kier alpha value is -2.50. The highest BCUT2D eigenvalue weighted by Gasteiger charge is 2.56. The molecule has 0 aliphatic carbocycles. The lowest BCUT2D eigenvalue weighted by Gasteiger charge is -2.26. The molecule has 7 nitrogen and oxygen atoms in total. The molecule has 1 fully saturated rings. The van der Waals surface area contributed by atoms with Gasteiger partial charge in [0.15, 0.2) is 5.79 Å². The molecule has 0 radical (unpaired) electrons. The van der Waals surface area contributed by atoms with Crippen LogP contribution >= 0.6 is 0 Å². The Morgan fingerprint density at radius 2 is 2.03 bits per heavy atom. The van der Waals surface area contributed by atoms with Crippen molar-refractivity contribution in [1.82, 2.24) is 0 Å². The zero-order chi connectivity index (χ0) is 22.9. The van der Waals surface area contributed by atoms with Crippen LogP contribution in [-0.2, 0) is 19.0 Å². The van der Waals surface area contributed by atoms with E-state index in [2.05, 4.69) is 6.58 Å². The Bertz CT molecular complexity index is 850. The van der Waals surface area contributed by atoms with E-state index in [1.807, 2.05) is 5.32 Å². The minimum absolute atomic E-state index is 0.198. The van der Waals surface area contributed by atoms with Crippen LogP contribution in [0.3, 0.4) is 0 Å². The molecule has 2 N–H and O–H groups in total. The third kappa shape index (κ3) is 4.79. The Morgan fingerprint density at radius 3 is 2.53 bits per heavy atom. The van der Waals surface area contributed by atoms with E-state index in [4.69, 9.17) is 14.2 Å². The predicted octanol–water partition coefficient (Wildman–Crippen LogP) is 3.24. The van der Waals surface area contributed by atoms with Crippen molar-refractivity contribution in [2.45, 2.75) is 44.4 Å². The minimum atomic E-state index is -5.28. The number of halogens is 4. The molecule has 0 spiro atoms. The molecule has 11 heteroatoms. The monoisotopic (exact) mass is 435 g/mol. The van der Waals surface area contributed by atoms with E-state index in [9.17, 15) is 27.9 Å². The third-order valence-electron chi connectivity index (χ3n) is 4.30. The molecule has 1 aliphatic heterocycles. The number of carbonyl (C=O) groups excluding carboxylic acids is 2. The van der Waals surface area contributed by atoms with Crippen molar-refractivity contribution < 1.29 is 46.5 Å². The number of hydrogen-bond donors (Lipinski definition) is 2. The SMILES string of the molecule is C=CCOC(=O)c1ccc(NC(=O)C(C)(O)C(F)(F)F)c(C2COC(C)(C)O2)c1F. The summed E-state index contributed by atoms with van der Waals surface area (Å²) in [6.45, 7) is 6.28. The van der Waals surface area contributed by atoms with Crippen LogP contribution < -0.4 is 5.32 Å². The number of hydrogen-bond acceptors (Lipinski definition) is 6. The van der Waals surface area contributed by atoms with Crippen LogP contribution in [-0.4, -0.2) is 47.8 Å². The van der Waals surface area contributed by atoms with Crippen LogP contribution in [0, 0.1) is 5.82 Å². The average molecular weight is 435 g/mol. The molecule has 166 valence electrons. The second kappa shape index (κ2) is 8.32. The van der Waals surface area contributed by atoms with Gasteiger partial charge < -0.3 is 24.6 Å². The summed E-state index contributed by atoms with van der Waals surface area (Å²) in [7, 11) is 0. The van der Waals surface area contributed by atoms with Gasteiger partial charge in [-0.25, -0.2) is 9.18 Å². The van der Waals surface area contributed by atoms with E-state index in [1.165, 1.54) is 19.9 Å².